The first-order valence-electron chi connectivity index (χ1n) is 11.8. The van der Waals surface area contributed by atoms with Gasteiger partial charge < -0.3 is 14.2 Å². The van der Waals surface area contributed by atoms with Crippen molar-refractivity contribution in [3.05, 3.63) is 42.2 Å². The van der Waals surface area contributed by atoms with Gasteiger partial charge in [-0.3, -0.25) is 4.79 Å². The minimum absolute atomic E-state index is 0.0664. The molecular formula is C26H32FN3O4. The molecule has 0 N–H and O–H groups in total. The van der Waals surface area contributed by atoms with Crippen LogP contribution in [0.5, 0.6) is 11.6 Å². The molecule has 0 aliphatic carbocycles. The molecule has 3 rings (SSSR count). The Morgan fingerprint density at radius 2 is 1.76 bits per heavy atom. The van der Waals surface area contributed by atoms with Gasteiger partial charge in [0.2, 0.25) is 5.88 Å². The number of hydrogen-bond acceptors (Lipinski definition) is 7. The van der Waals surface area contributed by atoms with Gasteiger partial charge in [-0.15, -0.1) is 0 Å². The highest BCUT2D eigenvalue weighted by atomic mass is 19.1. The number of fused-ring (bicyclic) bond motifs is 1. The number of esters is 1. The van der Waals surface area contributed by atoms with Crippen molar-refractivity contribution < 1.29 is 23.4 Å². The van der Waals surface area contributed by atoms with Crippen LogP contribution in [0.25, 0.3) is 22.0 Å². The van der Waals surface area contributed by atoms with Crippen molar-refractivity contribution in [1.82, 2.24) is 15.0 Å². The molecule has 0 amide bonds. The van der Waals surface area contributed by atoms with Gasteiger partial charge in [-0.1, -0.05) is 39.0 Å². The van der Waals surface area contributed by atoms with Crippen LogP contribution in [0, 0.1) is 12.7 Å². The van der Waals surface area contributed by atoms with Crippen LogP contribution in [0.3, 0.4) is 0 Å². The molecule has 0 saturated heterocycles. The number of rotatable bonds is 13. The van der Waals surface area contributed by atoms with E-state index in [1.54, 1.807) is 6.07 Å². The maximum absolute atomic E-state index is 14.2. The number of aryl methyl sites for hydroxylation is 1. The highest BCUT2D eigenvalue weighted by Gasteiger charge is 2.13. The number of nitrogens with zero attached hydrogens (tertiary/aromatic N) is 3. The van der Waals surface area contributed by atoms with Gasteiger partial charge >= 0.3 is 5.97 Å². The minimum atomic E-state index is -0.555. The number of methoxy groups -OCH3 is 1. The molecule has 0 radical (unpaired) electrons. The van der Waals surface area contributed by atoms with Gasteiger partial charge in [0.05, 0.1) is 7.11 Å². The van der Waals surface area contributed by atoms with Crippen LogP contribution in [0.15, 0.2) is 30.7 Å². The lowest BCUT2D eigenvalue weighted by Gasteiger charge is -2.13. The van der Waals surface area contributed by atoms with Crippen LogP contribution in [0.1, 0.15) is 57.6 Å². The van der Waals surface area contributed by atoms with Crippen LogP contribution in [-0.4, -0.2) is 41.2 Å². The summed E-state index contributed by atoms with van der Waals surface area (Å²) in [4.78, 5) is 24.6. The molecule has 182 valence electrons. The minimum Gasteiger partial charge on any atom is -0.488 e. The number of benzene rings is 1. The second-order valence-corrected chi connectivity index (χ2v) is 8.13. The number of ether oxygens (including phenoxy) is 3. The zero-order valence-electron chi connectivity index (χ0n) is 20.1. The molecule has 8 heteroatoms. The molecule has 0 saturated carbocycles. The molecule has 0 aliphatic rings. The summed E-state index contributed by atoms with van der Waals surface area (Å²) >= 11 is 0. The Labute approximate surface area is 199 Å². The number of unbranched alkanes of at least 4 members (excludes halogenated alkanes) is 5. The Kier molecular flexibility index (Phi) is 9.55. The highest BCUT2D eigenvalue weighted by Crippen LogP contribution is 2.33. The Morgan fingerprint density at radius 3 is 2.53 bits per heavy atom. The lowest BCUT2D eigenvalue weighted by atomic mass is 10.0. The second-order valence-electron chi connectivity index (χ2n) is 8.13. The molecule has 0 atom stereocenters. The van der Waals surface area contributed by atoms with E-state index in [-0.39, 0.29) is 25.1 Å². The molecular weight excluding hydrogens is 437 g/mol. The van der Waals surface area contributed by atoms with Crippen LogP contribution in [0.2, 0.25) is 0 Å². The first-order chi connectivity index (χ1) is 16.5. The monoisotopic (exact) mass is 469 g/mol. The number of hydrogen-bond donors (Lipinski definition) is 0. The van der Waals surface area contributed by atoms with Gasteiger partial charge in [-0.25, -0.2) is 19.3 Å². The van der Waals surface area contributed by atoms with E-state index in [4.69, 9.17) is 14.2 Å². The third-order valence-corrected chi connectivity index (χ3v) is 5.58. The lowest BCUT2D eigenvalue weighted by Crippen LogP contribution is -2.12. The maximum Gasteiger partial charge on any atom is 0.305 e. The van der Waals surface area contributed by atoms with E-state index in [2.05, 4.69) is 21.9 Å². The smallest absolute Gasteiger partial charge is 0.305 e. The molecule has 3 aromatic rings. The third kappa shape index (κ3) is 6.85. The summed E-state index contributed by atoms with van der Waals surface area (Å²) in [6.45, 7) is 4.37. The lowest BCUT2D eigenvalue weighted by molar-refractivity contribution is -0.144. The molecule has 0 spiro atoms. The summed E-state index contributed by atoms with van der Waals surface area (Å²) in [6, 6.07) is 5.01. The molecule has 0 aliphatic heterocycles. The van der Waals surface area contributed by atoms with Crippen LogP contribution >= 0.6 is 0 Å². The predicted molar refractivity (Wildman–Crippen MR) is 128 cm³/mol. The number of halogens is 1. The van der Waals surface area contributed by atoms with E-state index in [0.717, 1.165) is 30.3 Å². The Balaban J connectivity index is 1.64. The largest absolute Gasteiger partial charge is 0.488 e. The van der Waals surface area contributed by atoms with Gasteiger partial charge in [0, 0.05) is 29.3 Å². The summed E-state index contributed by atoms with van der Waals surface area (Å²) in [5.74, 6) is -0.332. The van der Waals surface area contributed by atoms with Crippen molar-refractivity contribution in [2.24, 2.45) is 0 Å². The predicted octanol–water partition coefficient (Wildman–Crippen LogP) is 5.82. The van der Waals surface area contributed by atoms with Gasteiger partial charge in [0.25, 0.3) is 0 Å². The first-order valence-corrected chi connectivity index (χ1v) is 11.8. The summed E-state index contributed by atoms with van der Waals surface area (Å²) in [5.41, 5.74) is 2.67. The van der Waals surface area contributed by atoms with Crippen LogP contribution in [-0.2, 0) is 9.53 Å². The molecule has 1 aromatic carbocycles. The van der Waals surface area contributed by atoms with Crippen molar-refractivity contribution in [2.45, 2.75) is 58.8 Å². The molecule has 2 aromatic heterocycles. The molecule has 34 heavy (non-hydrogen) atoms. The number of carbonyl (C=O) groups excluding carboxylic acids is 1. The van der Waals surface area contributed by atoms with E-state index < -0.39 is 5.82 Å². The molecule has 0 unspecified atom stereocenters. The average molecular weight is 470 g/mol. The van der Waals surface area contributed by atoms with E-state index >= 15 is 0 Å². The first kappa shape index (κ1) is 25.3. The summed E-state index contributed by atoms with van der Waals surface area (Å²) < 4.78 is 30.4. The van der Waals surface area contributed by atoms with Gasteiger partial charge in [0.15, 0.2) is 5.82 Å². The summed E-state index contributed by atoms with van der Waals surface area (Å²) in [5, 5.41) is 0.784. The van der Waals surface area contributed by atoms with Crippen molar-refractivity contribution in [2.75, 3.05) is 20.3 Å². The number of aromatic nitrogens is 3. The zero-order valence-corrected chi connectivity index (χ0v) is 20.1. The van der Waals surface area contributed by atoms with Gasteiger partial charge in [-0.05, 0) is 37.1 Å². The highest BCUT2D eigenvalue weighted by molar-refractivity contribution is 5.91. The molecule has 2 heterocycles. The number of carbonyl (C=O) groups is 1. The number of pyridine rings is 1. The Hall–Kier alpha value is -3.29. The second kappa shape index (κ2) is 12.8. The van der Waals surface area contributed by atoms with Crippen molar-refractivity contribution >= 4 is 16.9 Å². The molecule has 7 nitrogen and oxygen atoms in total. The maximum atomic E-state index is 14.2. The fourth-order valence-corrected chi connectivity index (χ4v) is 3.70. The van der Waals surface area contributed by atoms with E-state index in [0.29, 0.717) is 28.8 Å². The molecule has 0 bridgehead atoms. The Morgan fingerprint density at radius 1 is 0.971 bits per heavy atom. The van der Waals surface area contributed by atoms with Crippen LogP contribution in [0.4, 0.5) is 4.39 Å². The van der Waals surface area contributed by atoms with Gasteiger partial charge in [0.1, 0.15) is 30.8 Å². The standard InChI is InChI=1S/C26H32FN3O4/c1-4-5-6-7-8-9-10-24(31)34-12-11-33-23-15-19(13-21-18(2)29-17-30-25(21)23)20-14-22(27)26(32-3)28-16-20/h13-17H,4-12H2,1-3H3. The fraction of sp³-hybridized carbons (Fsp3) is 0.462. The normalized spacial score (nSPS) is 10.9. The van der Waals surface area contributed by atoms with E-state index in [1.807, 2.05) is 13.0 Å². The summed E-state index contributed by atoms with van der Waals surface area (Å²) in [6.07, 6.45) is 10.1. The average Bonchev–Trinajstić information content (AvgIpc) is 2.84. The van der Waals surface area contributed by atoms with Crippen molar-refractivity contribution in [1.29, 1.82) is 0 Å². The SMILES string of the molecule is CCCCCCCCC(=O)OCCOc1cc(-c2cnc(OC)c(F)c2)cc2c(C)ncnc12. The van der Waals surface area contributed by atoms with E-state index in [9.17, 15) is 9.18 Å². The fourth-order valence-electron chi connectivity index (χ4n) is 3.70. The summed E-state index contributed by atoms with van der Waals surface area (Å²) in [7, 11) is 1.37. The van der Waals surface area contributed by atoms with E-state index in [1.165, 1.54) is 45.0 Å². The third-order valence-electron chi connectivity index (χ3n) is 5.58. The van der Waals surface area contributed by atoms with Gasteiger partial charge in [-0.2, -0.15) is 0 Å². The van der Waals surface area contributed by atoms with Crippen molar-refractivity contribution in [3.63, 3.8) is 0 Å². The zero-order chi connectivity index (χ0) is 24.3. The van der Waals surface area contributed by atoms with Crippen molar-refractivity contribution in [3.8, 4) is 22.8 Å². The molecule has 0 fully saturated rings. The quantitative estimate of drug-likeness (QED) is 0.230. The Bertz CT molecular complexity index is 1110. The topological polar surface area (TPSA) is 83.4 Å². The van der Waals surface area contributed by atoms with Crippen LogP contribution < -0.4 is 9.47 Å².